The third kappa shape index (κ3) is 1.70. The highest BCUT2D eigenvalue weighted by Gasteiger charge is 2.34. The molecule has 10 heavy (non-hydrogen) atoms. The van der Waals surface area contributed by atoms with Gasteiger partial charge in [0.2, 0.25) is 0 Å². The number of halogens is 3. The van der Waals surface area contributed by atoms with E-state index in [-0.39, 0.29) is 0 Å². The van der Waals surface area contributed by atoms with Crippen LogP contribution in [0.2, 0.25) is 0 Å². The molecule has 1 aliphatic rings. The molecule has 1 heterocycles. The summed E-state index contributed by atoms with van der Waals surface area (Å²) in [5, 5.41) is 4.64. The lowest BCUT2D eigenvalue weighted by molar-refractivity contribution is -0.0838. The molecule has 0 N–H and O–H groups in total. The molecule has 0 aromatic heterocycles. The first-order valence-electron chi connectivity index (χ1n) is 2.40. The molecule has 1 nitrogen and oxygen atoms in total. The molecule has 0 fully saturated rings. The van der Waals surface area contributed by atoms with E-state index in [0.717, 1.165) is 6.20 Å². The lowest BCUT2D eigenvalue weighted by atomic mass is 10.6. The van der Waals surface area contributed by atoms with Gasteiger partial charge in [-0.2, -0.15) is 13.2 Å². The summed E-state index contributed by atoms with van der Waals surface area (Å²) in [7, 11) is 0. The fourth-order valence-corrected chi connectivity index (χ4v) is 0.953. The standard InChI is InChI=1S/C5H3F3NS/c6-5(7,8)4-3-9-1-2-10-4/h1-3H. The maximum atomic E-state index is 11.8. The van der Waals surface area contributed by atoms with Crippen molar-refractivity contribution < 1.29 is 13.2 Å². The maximum Gasteiger partial charge on any atom is 0.424 e. The topological polar surface area (TPSA) is 14.1 Å². The van der Waals surface area contributed by atoms with Crippen molar-refractivity contribution in [1.82, 2.24) is 5.32 Å². The van der Waals surface area contributed by atoms with Crippen molar-refractivity contribution in [3.8, 4) is 0 Å². The molecule has 0 bridgehead atoms. The Morgan fingerprint density at radius 2 is 2.10 bits per heavy atom. The van der Waals surface area contributed by atoms with E-state index in [1.165, 1.54) is 11.6 Å². The second-order valence-electron chi connectivity index (χ2n) is 1.54. The molecule has 0 unspecified atom stereocenters. The number of thioether (sulfide) groups is 1. The van der Waals surface area contributed by atoms with E-state index < -0.39 is 11.1 Å². The molecule has 0 spiro atoms. The fraction of sp³-hybridized carbons (Fsp3) is 0.200. The van der Waals surface area contributed by atoms with Crippen LogP contribution < -0.4 is 5.32 Å². The normalized spacial score (nSPS) is 18.1. The number of hydrogen-bond acceptors (Lipinski definition) is 1. The zero-order valence-electron chi connectivity index (χ0n) is 4.72. The van der Waals surface area contributed by atoms with Crippen molar-refractivity contribution in [2.45, 2.75) is 6.18 Å². The smallest absolute Gasteiger partial charge is 0.263 e. The molecule has 1 rings (SSSR count). The van der Waals surface area contributed by atoms with E-state index >= 15 is 0 Å². The van der Waals surface area contributed by atoms with Crippen LogP contribution in [0.3, 0.4) is 0 Å². The predicted molar refractivity (Wildman–Crippen MR) is 33.0 cm³/mol. The van der Waals surface area contributed by atoms with Gasteiger partial charge in [0.25, 0.3) is 0 Å². The van der Waals surface area contributed by atoms with Gasteiger partial charge in [0.15, 0.2) is 0 Å². The lowest BCUT2D eigenvalue weighted by Gasteiger charge is -2.09. The van der Waals surface area contributed by atoms with Crippen LogP contribution in [0.25, 0.3) is 0 Å². The van der Waals surface area contributed by atoms with E-state index in [4.69, 9.17) is 0 Å². The van der Waals surface area contributed by atoms with E-state index in [1.54, 1.807) is 0 Å². The number of rotatable bonds is 0. The Morgan fingerprint density at radius 3 is 2.40 bits per heavy atom. The number of allylic oxidation sites excluding steroid dienone is 1. The summed E-state index contributed by atoms with van der Waals surface area (Å²) in [5.41, 5.74) is 0. The monoisotopic (exact) mass is 166 g/mol. The zero-order valence-corrected chi connectivity index (χ0v) is 5.54. The average Bonchev–Trinajstić information content (AvgIpc) is 1.88. The van der Waals surface area contributed by atoms with Crippen molar-refractivity contribution >= 4 is 11.8 Å². The summed E-state index contributed by atoms with van der Waals surface area (Å²) >= 11 is 0.632. The minimum absolute atomic E-state index is 0.632. The first kappa shape index (κ1) is 7.53. The van der Waals surface area contributed by atoms with Crippen LogP contribution in [0.4, 0.5) is 13.2 Å². The van der Waals surface area contributed by atoms with E-state index in [1.807, 2.05) is 0 Å². The Hall–Kier alpha value is -0.580. The second-order valence-corrected chi connectivity index (χ2v) is 2.49. The van der Waals surface area contributed by atoms with Gasteiger partial charge in [0, 0.05) is 12.4 Å². The third-order valence-corrected chi connectivity index (χ3v) is 1.66. The van der Waals surface area contributed by atoms with Crippen LogP contribution in [0, 0.1) is 0 Å². The predicted octanol–water partition coefficient (Wildman–Crippen LogP) is 2.21. The van der Waals surface area contributed by atoms with Crippen LogP contribution in [-0.4, -0.2) is 6.18 Å². The third-order valence-electron chi connectivity index (χ3n) is 0.813. The van der Waals surface area contributed by atoms with Gasteiger partial charge in [-0.05, 0) is 5.41 Å². The summed E-state index contributed by atoms with van der Waals surface area (Å²) in [4.78, 5) is -0.671. The van der Waals surface area contributed by atoms with Gasteiger partial charge in [-0.15, -0.1) is 0 Å². The Bertz CT molecular complexity index is 182. The van der Waals surface area contributed by atoms with E-state index in [9.17, 15) is 13.2 Å². The molecule has 0 aromatic rings. The highest BCUT2D eigenvalue weighted by Crippen LogP contribution is 2.35. The molecule has 0 atom stereocenters. The summed E-state index contributed by atoms with van der Waals surface area (Å²) < 4.78 is 35.3. The molecule has 1 aliphatic heterocycles. The van der Waals surface area contributed by atoms with Crippen LogP contribution in [0.15, 0.2) is 22.7 Å². The summed E-state index contributed by atoms with van der Waals surface area (Å²) in [6.07, 6.45) is -2.12. The van der Waals surface area contributed by atoms with Gasteiger partial charge in [-0.1, -0.05) is 11.8 Å². The van der Waals surface area contributed by atoms with Gasteiger partial charge in [0.05, 0.1) is 0 Å². The molecule has 0 saturated carbocycles. The van der Waals surface area contributed by atoms with Crippen LogP contribution >= 0.6 is 11.8 Å². The highest BCUT2D eigenvalue weighted by molar-refractivity contribution is 8.05. The average molecular weight is 166 g/mol. The minimum atomic E-state index is -4.25. The molecule has 0 aromatic carbocycles. The zero-order chi connectivity index (χ0) is 7.61. The summed E-state index contributed by atoms with van der Waals surface area (Å²) in [6, 6.07) is 0. The number of alkyl halides is 3. The molecule has 5 heteroatoms. The fourth-order valence-electron chi connectivity index (χ4n) is 0.420. The van der Waals surface area contributed by atoms with Gasteiger partial charge in [-0.3, -0.25) is 5.32 Å². The molecule has 55 valence electrons. The van der Waals surface area contributed by atoms with E-state index in [0.29, 0.717) is 11.8 Å². The Balaban J connectivity index is 2.65. The number of nitrogens with zero attached hydrogens (tertiary/aromatic N) is 1. The Morgan fingerprint density at radius 1 is 1.40 bits per heavy atom. The molecular weight excluding hydrogens is 163 g/mol. The van der Waals surface area contributed by atoms with Gasteiger partial charge in [0.1, 0.15) is 4.91 Å². The first-order chi connectivity index (χ1) is 4.61. The Labute approximate surface area is 60.0 Å². The van der Waals surface area contributed by atoms with Crippen molar-refractivity contribution in [2.75, 3.05) is 0 Å². The highest BCUT2D eigenvalue weighted by atomic mass is 32.2. The number of hydrogen-bond donors (Lipinski definition) is 0. The summed E-state index contributed by atoms with van der Waals surface area (Å²) in [5.74, 6) is 0. The van der Waals surface area contributed by atoms with Crippen LogP contribution in [0.5, 0.6) is 0 Å². The summed E-state index contributed by atoms with van der Waals surface area (Å²) in [6.45, 7) is 0. The van der Waals surface area contributed by atoms with Crippen molar-refractivity contribution in [1.29, 1.82) is 0 Å². The molecule has 0 amide bonds. The van der Waals surface area contributed by atoms with Crippen molar-refractivity contribution in [2.24, 2.45) is 0 Å². The molecule has 0 saturated heterocycles. The SMILES string of the molecule is FC(F)(F)C1=C[N]C=CS1. The maximum absolute atomic E-state index is 11.8. The quantitative estimate of drug-likeness (QED) is 0.538. The van der Waals surface area contributed by atoms with Crippen molar-refractivity contribution in [3.63, 3.8) is 0 Å². The van der Waals surface area contributed by atoms with Gasteiger partial charge in [-0.25, -0.2) is 0 Å². The largest absolute Gasteiger partial charge is 0.424 e. The minimum Gasteiger partial charge on any atom is -0.263 e. The lowest BCUT2D eigenvalue weighted by Crippen LogP contribution is -2.11. The van der Waals surface area contributed by atoms with Gasteiger partial charge >= 0.3 is 6.18 Å². The molecular formula is C5H3F3NS. The molecule has 0 aliphatic carbocycles. The second kappa shape index (κ2) is 2.57. The first-order valence-corrected chi connectivity index (χ1v) is 3.27. The van der Waals surface area contributed by atoms with Crippen LogP contribution in [0.1, 0.15) is 0 Å². The van der Waals surface area contributed by atoms with Crippen molar-refractivity contribution in [3.05, 3.63) is 22.7 Å². The molecule has 1 radical (unpaired) electrons. The van der Waals surface area contributed by atoms with E-state index in [2.05, 4.69) is 5.32 Å². The Kier molecular flexibility index (Phi) is 1.94. The van der Waals surface area contributed by atoms with Gasteiger partial charge < -0.3 is 0 Å². The van der Waals surface area contributed by atoms with Crippen LogP contribution in [-0.2, 0) is 0 Å².